The first kappa shape index (κ1) is 8.97. The maximum atomic E-state index is 5.66. The molecular weight excluding hydrogens is 226 g/mol. The van der Waals surface area contributed by atoms with E-state index in [2.05, 4.69) is 40.2 Å². The van der Waals surface area contributed by atoms with Crippen LogP contribution in [0, 0.1) is 0 Å². The number of hydrogen-bond acceptors (Lipinski definition) is 1. The Morgan fingerprint density at radius 2 is 2.00 bits per heavy atom. The monoisotopic (exact) mass is 237 g/mol. The molecule has 0 amide bonds. The van der Waals surface area contributed by atoms with Crippen LogP contribution in [-0.4, -0.2) is 6.54 Å². The van der Waals surface area contributed by atoms with Crippen LogP contribution in [0.1, 0.15) is 17.5 Å². The van der Waals surface area contributed by atoms with Crippen molar-refractivity contribution in [3.63, 3.8) is 0 Å². The van der Waals surface area contributed by atoms with Gasteiger partial charge in [-0.3, -0.25) is 0 Å². The van der Waals surface area contributed by atoms with Gasteiger partial charge in [-0.25, -0.2) is 0 Å². The van der Waals surface area contributed by atoms with E-state index in [9.17, 15) is 0 Å². The summed E-state index contributed by atoms with van der Waals surface area (Å²) in [6, 6.07) is 8.49. The third-order valence-corrected chi connectivity index (χ3v) is 3.49. The van der Waals surface area contributed by atoms with E-state index in [0.717, 1.165) is 12.8 Å². The number of rotatable bonds is 1. The fourth-order valence-corrected chi connectivity index (χ4v) is 2.48. The molecule has 0 saturated carbocycles. The van der Waals surface area contributed by atoms with Gasteiger partial charge in [0.1, 0.15) is 0 Å². The standard InChI is InChI=1S/C11H12BrN/c12-11-9(7-13)6-5-8-3-1-2-4-10(8)11/h1-4H,5-7,13H2. The summed E-state index contributed by atoms with van der Waals surface area (Å²) >= 11 is 3.61. The Hall–Kier alpha value is -0.600. The minimum Gasteiger partial charge on any atom is -0.327 e. The van der Waals surface area contributed by atoms with Gasteiger partial charge < -0.3 is 5.73 Å². The molecule has 2 heteroatoms. The lowest BCUT2D eigenvalue weighted by molar-refractivity contribution is 0.891. The molecule has 1 aromatic carbocycles. The molecule has 0 radical (unpaired) electrons. The molecule has 0 saturated heterocycles. The molecule has 68 valence electrons. The average molecular weight is 238 g/mol. The van der Waals surface area contributed by atoms with Crippen LogP contribution < -0.4 is 5.73 Å². The van der Waals surface area contributed by atoms with Crippen LogP contribution >= 0.6 is 15.9 Å². The molecule has 0 spiro atoms. The maximum absolute atomic E-state index is 5.66. The Morgan fingerprint density at radius 3 is 2.77 bits per heavy atom. The first-order valence-electron chi connectivity index (χ1n) is 4.49. The van der Waals surface area contributed by atoms with Gasteiger partial charge >= 0.3 is 0 Å². The SMILES string of the molecule is NCC1=C(Br)c2ccccc2CC1. The van der Waals surface area contributed by atoms with E-state index in [4.69, 9.17) is 5.73 Å². The topological polar surface area (TPSA) is 26.0 Å². The molecule has 0 heterocycles. The fourth-order valence-electron chi connectivity index (χ4n) is 1.73. The van der Waals surface area contributed by atoms with Gasteiger partial charge in [-0.2, -0.15) is 0 Å². The number of halogens is 1. The summed E-state index contributed by atoms with van der Waals surface area (Å²) in [7, 11) is 0. The van der Waals surface area contributed by atoms with Gasteiger partial charge in [-0.1, -0.05) is 40.2 Å². The van der Waals surface area contributed by atoms with E-state index >= 15 is 0 Å². The first-order valence-corrected chi connectivity index (χ1v) is 5.28. The summed E-state index contributed by atoms with van der Waals surface area (Å²) in [6.45, 7) is 0.662. The fraction of sp³-hybridized carbons (Fsp3) is 0.273. The lowest BCUT2D eigenvalue weighted by atomic mass is 9.92. The third-order valence-electron chi connectivity index (χ3n) is 2.51. The van der Waals surface area contributed by atoms with Crippen molar-refractivity contribution in [1.82, 2.24) is 0 Å². The smallest absolute Gasteiger partial charge is 0.0255 e. The summed E-state index contributed by atoms with van der Waals surface area (Å²) in [6.07, 6.45) is 2.21. The molecule has 2 rings (SSSR count). The Bertz CT molecular complexity index is 355. The molecule has 13 heavy (non-hydrogen) atoms. The molecule has 0 aliphatic heterocycles. The van der Waals surface area contributed by atoms with Crippen molar-refractivity contribution in [3.05, 3.63) is 41.0 Å². The van der Waals surface area contributed by atoms with Crippen molar-refractivity contribution < 1.29 is 0 Å². The molecule has 0 unspecified atom stereocenters. The van der Waals surface area contributed by atoms with Gasteiger partial charge in [0.15, 0.2) is 0 Å². The quantitative estimate of drug-likeness (QED) is 0.799. The summed E-state index contributed by atoms with van der Waals surface area (Å²) in [5, 5.41) is 0. The van der Waals surface area contributed by atoms with Crippen LogP contribution in [0.3, 0.4) is 0 Å². The zero-order chi connectivity index (χ0) is 9.26. The summed E-state index contributed by atoms with van der Waals surface area (Å²) in [4.78, 5) is 0. The van der Waals surface area contributed by atoms with Crippen molar-refractivity contribution in [1.29, 1.82) is 0 Å². The molecule has 0 aromatic heterocycles. The number of hydrogen-bond donors (Lipinski definition) is 1. The largest absolute Gasteiger partial charge is 0.327 e. The van der Waals surface area contributed by atoms with E-state index < -0.39 is 0 Å². The van der Waals surface area contributed by atoms with E-state index in [-0.39, 0.29) is 0 Å². The minimum atomic E-state index is 0.662. The zero-order valence-corrected chi connectivity index (χ0v) is 8.97. The van der Waals surface area contributed by atoms with Gasteiger partial charge in [0, 0.05) is 11.0 Å². The number of nitrogens with two attached hydrogens (primary N) is 1. The van der Waals surface area contributed by atoms with Gasteiger partial charge in [0.2, 0.25) is 0 Å². The number of fused-ring (bicyclic) bond motifs is 1. The van der Waals surface area contributed by atoms with Gasteiger partial charge in [-0.15, -0.1) is 0 Å². The maximum Gasteiger partial charge on any atom is 0.0255 e. The predicted molar refractivity (Wildman–Crippen MR) is 59.7 cm³/mol. The van der Waals surface area contributed by atoms with Gasteiger partial charge in [0.05, 0.1) is 0 Å². The second-order valence-electron chi connectivity index (χ2n) is 3.28. The van der Waals surface area contributed by atoms with Crippen molar-refractivity contribution in [2.75, 3.05) is 6.54 Å². The van der Waals surface area contributed by atoms with Crippen LogP contribution in [0.2, 0.25) is 0 Å². The first-order chi connectivity index (χ1) is 6.33. The van der Waals surface area contributed by atoms with Gasteiger partial charge in [-0.05, 0) is 29.5 Å². The van der Waals surface area contributed by atoms with E-state index in [1.54, 1.807) is 0 Å². The highest BCUT2D eigenvalue weighted by Gasteiger charge is 2.14. The van der Waals surface area contributed by atoms with Crippen LogP contribution in [-0.2, 0) is 6.42 Å². The molecule has 0 atom stereocenters. The molecule has 0 bridgehead atoms. The summed E-state index contributed by atoms with van der Waals surface area (Å²) in [5.41, 5.74) is 9.73. The van der Waals surface area contributed by atoms with Crippen LogP contribution in [0.15, 0.2) is 29.8 Å². The Kier molecular flexibility index (Phi) is 2.51. The minimum absolute atomic E-state index is 0.662. The molecule has 1 nitrogen and oxygen atoms in total. The van der Waals surface area contributed by atoms with Crippen LogP contribution in [0.5, 0.6) is 0 Å². The van der Waals surface area contributed by atoms with Crippen molar-refractivity contribution in [2.45, 2.75) is 12.8 Å². The second kappa shape index (κ2) is 3.64. The van der Waals surface area contributed by atoms with E-state index in [0.29, 0.717) is 6.54 Å². The Labute approximate surface area is 86.8 Å². The predicted octanol–water partition coefficient (Wildman–Crippen LogP) is 2.70. The molecular formula is C11H12BrN. The normalized spacial score (nSPS) is 15.8. The third kappa shape index (κ3) is 1.56. The number of benzene rings is 1. The molecule has 0 fully saturated rings. The van der Waals surface area contributed by atoms with E-state index in [1.165, 1.54) is 21.2 Å². The van der Waals surface area contributed by atoms with Crippen molar-refractivity contribution in [2.24, 2.45) is 5.73 Å². The lowest BCUT2D eigenvalue weighted by Crippen LogP contribution is -2.10. The average Bonchev–Trinajstić information content (AvgIpc) is 2.19. The van der Waals surface area contributed by atoms with Crippen LogP contribution in [0.25, 0.3) is 4.48 Å². The van der Waals surface area contributed by atoms with E-state index in [1.807, 2.05) is 0 Å². The van der Waals surface area contributed by atoms with Gasteiger partial charge in [0.25, 0.3) is 0 Å². The highest BCUT2D eigenvalue weighted by molar-refractivity contribution is 9.15. The molecule has 2 N–H and O–H groups in total. The number of aryl methyl sites for hydroxylation is 1. The Morgan fingerprint density at radius 1 is 1.23 bits per heavy atom. The second-order valence-corrected chi connectivity index (χ2v) is 4.07. The summed E-state index contributed by atoms with van der Waals surface area (Å²) in [5.74, 6) is 0. The van der Waals surface area contributed by atoms with Crippen molar-refractivity contribution >= 4 is 20.4 Å². The highest BCUT2D eigenvalue weighted by Crippen LogP contribution is 2.34. The lowest BCUT2D eigenvalue weighted by Gasteiger charge is -2.18. The van der Waals surface area contributed by atoms with Crippen molar-refractivity contribution in [3.8, 4) is 0 Å². The van der Waals surface area contributed by atoms with Crippen LogP contribution in [0.4, 0.5) is 0 Å². The molecule has 1 aliphatic carbocycles. The highest BCUT2D eigenvalue weighted by atomic mass is 79.9. The zero-order valence-electron chi connectivity index (χ0n) is 7.39. The summed E-state index contributed by atoms with van der Waals surface area (Å²) < 4.78 is 1.21. The Balaban J connectivity index is 2.52. The molecule has 1 aromatic rings. The molecule has 1 aliphatic rings.